The quantitative estimate of drug-likeness (QED) is 0.619. The highest BCUT2D eigenvalue weighted by Crippen LogP contribution is 2.20. The molecule has 30 heavy (non-hydrogen) atoms. The molecule has 6 heteroatoms. The van der Waals surface area contributed by atoms with Crippen LogP contribution in [0.15, 0.2) is 71.6 Å². The SMILES string of the molecule is O=C(NC1CCCCC1)c1cccc(CNS(=O)(=O)c2ccc3ccccc3c2)c1. The molecule has 0 unspecified atom stereocenters. The molecule has 0 aliphatic heterocycles. The molecule has 1 aliphatic carbocycles. The molecule has 1 fully saturated rings. The molecule has 0 saturated heterocycles. The van der Waals surface area contributed by atoms with E-state index in [-0.39, 0.29) is 23.4 Å². The minimum atomic E-state index is -3.66. The number of benzene rings is 3. The van der Waals surface area contributed by atoms with Gasteiger partial charge < -0.3 is 5.32 Å². The van der Waals surface area contributed by atoms with Crippen LogP contribution in [0.3, 0.4) is 0 Å². The third-order valence-corrected chi connectivity index (χ3v) is 7.03. The normalized spacial score (nSPS) is 15.2. The molecule has 2 N–H and O–H groups in total. The van der Waals surface area contributed by atoms with Crippen LogP contribution in [0.25, 0.3) is 10.8 Å². The first-order chi connectivity index (χ1) is 14.5. The lowest BCUT2D eigenvalue weighted by atomic mass is 9.95. The van der Waals surface area contributed by atoms with Crippen molar-refractivity contribution >= 4 is 26.7 Å². The number of fused-ring (bicyclic) bond motifs is 1. The third kappa shape index (κ3) is 4.89. The van der Waals surface area contributed by atoms with Crippen molar-refractivity contribution in [2.24, 2.45) is 0 Å². The highest BCUT2D eigenvalue weighted by atomic mass is 32.2. The Hall–Kier alpha value is -2.70. The van der Waals surface area contributed by atoms with E-state index in [0.717, 1.165) is 42.0 Å². The topological polar surface area (TPSA) is 75.3 Å². The van der Waals surface area contributed by atoms with Gasteiger partial charge in [-0.3, -0.25) is 4.79 Å². The Labute approximate surface area is 177 Å². The molecule has 0 bridgehead atoms. The van der Waals surface area contributed by atoms with E-state index in [1.165, 1.54) is 6.42 Å². The second-order valence-electron chi connectivity index (χ2n) is 7.84. The van der Waals surface area contributed by atoms with Gasteiger partial charge in [0, 0.05) is 18.2 Å². The van der Waals surface area contributed by atoms with Gasteiger partial charge in [0.25, 0.3) is 5.91 Å². The third-order valence-electron chi connectivity index (χ3n) is 5.63. The van der Waals surface area contributed by atoms with Crippen LogP contribution in [-0.4, -0.2) is 20.4 Å². The zero-order chi connectivity index (χ0) is 21.0. The van der Waals surface area contributed by atoms with Crippen LogP contribution >= 0.6 is 0 Å². The van der Waals surface area contributed by atoms with Crippen LogP contribution in [0, 0.1) is 0 Å². The fraction of sp³-hybridized carbons (Fsp3) is 0.292. The van der Waals surface area contributed by atoms with E-state index in [2.05, 4.69) is 10.0 Å². The number of rotatable bonds is 6. The maximum atomic E-state index is 12.7. The Balaban J connectivity index is 1.43. The van der Waals surface area contributed by atoms with Gasteiger partial charge in [-0.05, 0) is 53.4 Å². The van der Waals surface area contributed by atoms with Gasteiger partial charge in [0.05, 0.1) is 4.90 Å². The van der Waals surface area contributed by atoms with E-state index in [1.807, 2.05) is 30.3 Å². The van der Waals surface area contributed by atoms with Crippen molar-refractivity contribution < 1.29 is 13.2 Å². The molecule has 5 nitrogen and oxygen atoms in total. The minimum Gasteiger partial charge on any atom is -0.349 e. The fourth-order valence-electron chi connectivity index (χ4n) is 3.93. The molecule has 0 heterocycles. The van der Waals surface area contributed by atoms with Crippen LogP contribution in [-0.2, 0) is 16.6 Å². The number of carbonyl (C=O) groups is 1. The first kappa shape index (κ1) is 20.6. The highest BCUT2D eigenvalue weighted by molar-refractivity contribution is 7.89. The summed E-state index contributed by atoms with van der Waals surface area (Å²) in [4.78, 5) is 12.8. The molecular formula is C24H26N2O3S. The van der Waals surface area contributed by atoms with Crippen molar-refractivity contribution in [2.45, 2.75) is 49.6 Å². The average molecular weight is 423 g/mol. The number of amides is 1. The minimum absolute atomic E-state index is 0.0962. The maximum Gasteiger partial charge on any atom is 0.251 e. The maximum absolute atomic E-state index is 12.7. The predicted octanol–water partition coefficient (Wildman–Crippen LogP) is 4.38. The van der Waals surface area contributed by atoms with Crippen molar-refractivity contribution in [2.75, 3.05) is 0 Å². The zero-order valence-electron chi connectivity index (χ0n) is 16.8. The van der Waals surface area contributed by atoms with Gasteiger partial charge >= 0.3 is 0 Å². The monoisotopic (exact) mass is 422 g/mol. The second kappa shape index (κ2) is 8.98. The Morgan fingerprint density at radius 1 is 0.867 bits per heavy atom. The van der Waals surface area contributed by atoms with Crippen LogP contribution in [0.4, 0.5) is 0 Å². The van der Waals surface area contributed by atoms with Gasteiger partial charge in [-0.1, -0.05) is 61.7 Å². The van der Waals surface area contributed by atoms with E-state index in [9.17, 15) is 13.2 Å². The van der Waals surface area contributed by atoms with Crippen LogP contribution in [0.2, 0.25) is 0 Å². The molecule has 3 aromatic carbocycles. The standard InChI is InChI=1S/C24H26N2O3S/c27-24(26-22-11-2-1-3-12-22)21-10-6-7-18(15-21)17-25-30(28,29)23-14-13-19-8-4-5-9-20(19)16-23/h4-10,13-16,22,25H,1-3,11-12,17H2,(H,26,27). The molecule has 4 rings (SSSR count). The van der Waals surface area contributed by atoms with Gasteiger partial charge in [0.2, 0.25) is 10.0 Å². The van der Waals surface area contributed by atoms with E-state index >= 15 is 0 Å². The van der Waals surface area contributed by atoms with E-state index in [0.29, 0.717) is 5.56 Å². The summed E-state index contributed by atoms with van der Waals surface area (Å²) < 4.78 is 28.1. The van der Waals surface area contributed by atoms with E-state index in [4.69, 9.17) is 0 Å². The van der Waals surface area contributed by atoms with Crippen molar-refractivity contribution in [3.05, 3.63) is 77.9 Å². The number of hydrogen-bond acceptors (Lipinski definition) is 3. The summed E-state index contributed by atoms with van der Waals surface area (Å²) in [6, 6.07) is 20.1. The van der Waals surface area contributed by atoms with Gasteiger partial charge in [0.15, 0.2) is 0 Å². The van der Waals surface area contributed by atoms with Crippen LogP contribution < -0.4 is 10.0 Å². The van der Waals surface area contributed by atoms with Crippen LogP contribution in [0.1, 0.15) is 48.0 Å². The summed E-state index contributed by atoms with van der Waals surface area (Å²) in [5.74, 6) is -0.0962. The summed E-state index contributed by atoms with van der Waals surface area (Å²) in [5.41, 5.74) is 1.30. The molecule has 0 radical (unpaired) electrons. The van der Waals surface area contributed by atoms with E-state index in [1.54, 1.807) is 36.4 Å². The first-order valence-electron chi connectivity index (χ1n) is 10.4. The lowest BCUT2D eigenvalue weighted by molar-refractivity contribution is 0.0927. The second-order valence-corrected chi connectivity index (χ2v) is 9.61. The summed E-state index contributed by atoms with van der Waals surface area (Å²) in [6.45, 7) is 0.125. The van der Waals surface area contributed by atoms with Gasteiger partial charge in [-0.25, -0.2) is 13.1 Å². The van der Waals surface area contributed by atoms with Gasteiger partial charge in [-0.2, -0.15) is 0 Å². The molecule has 0 atom stereocenters. The molecule has 1 aliphatic rings. The lowest BCUT2D eigenvalue weighted by Gasteiger charge is -2.22. The average Bonchev–Trinajstić information content (AvgIpc) is 2.78. The summed E-state index contributed by atoms with van der Waals surface area (Å²) in [6.07, 6.45) is 5.59. The zero-order valence-corrected chi connectivity index (χ0v) is 17.6. The molecular weight excluding hydrogens is 396 g/mol. The number of nitrogens with one attached hydrogen (secondary N) is 2. The predicted molar refractivity (Wildman–Crippen MR) is 119 cm³/mol. The molecule has 1 saturated carbocycles. The Morgan fingerprint density at radius 3 is 2.43 bits per heavy atom. The van der Waals surface area contributed by atoms with Crippen molar-refractivity contribution in [3.8, 4) is 0 Å². The smallest absolute Gasteiger partial charge is 0.251 e. The molecule has 0 aromatic heterocycles. The number of sulfonamides is 1. The fourth-order valence-corrected chi connectivity index (χ4v) is 4.99. The largest absolute Gasteiger partial charge is 0.349 e. The molecule has 3 aromatic rings. The molecule has 0 spiro atoms. The summed E-state index contributed by atoms with van der Waals surface area (Å²) in [5, 5.41) is 4.97. The van der Waals surface area contributed by atoms with Crippen molar-refractivity contribution in [1.82, 2.24) is 10.0 Å². The van der Waals surface area contributed by atoms with Crippen LogP contribution in [0.5, 0.6) is 0 Å². The summed E-state index contributed by atoms with van der Waals surface area (Å²) >= 11 is 0. The van der Waals surface area contributed by atoms with Crippen molar-refractivity contribution in [1.29, 1.82) is 0 Å². The Morgan fingerprint density at radius 2 is 1.63 bits per heavy atom. The summed E-state index contributed by atoms with van der Waals surface area (Å²) in [7, 11) is -3.66. The number of hydrogen-bond donors (Lipinski definition) is 2. The first-order valence-corrected chi connectivity index (χ1v) is 11.9. The molecule has 1 amide bonds. The highest BCUT2D eigenvalue weighted by Gasteiger charge is 2.18. The van der Waals surface area contributed by atoms with Gasteiger partial charge in [0.1, 0.15) is 0 Å². The van der Waals surface area contributed by atoms with E-state index < -0.39 is 10.0 Å². The van der Waals surface area contributed by atoms with Gasteiger partial charge in [-0.15, -0.1) is 0 Å². The lowest BCUT2D eigenvalue weighted by Crippen LogP contribution is -2.36. The molecule has 156 valence electrons. The Kier molecular flexibility index (Phi) is 6.16. The van der Waals surface area contributed by atoms with Crippen molar-refractivity contribution in [3.63, 3.8) is 0 Å². The Bertz CT molecular complexity index is 1150. The number of carbonyl (C=O) groups excluding carboxylic acids is 1.